The number of pyridine rings is 1. The number of carbonyl (C=O) groups is 2. The van der Waals surface area contributed by atoms with Crippen LogP contribution in [0.4, 0.5) is 5.69 Å². The first-order valence-corrected chi connectivity index (χ1v) is 16.5. The molecule has 46 heavy (non-hydrogen) atoms. The fourth-order valence-electron chi connectivity index (χ4n) is 8.37. The maximum atomic E-state index is 13.8. The second-order valence-electron chi connectivity index (χ2n) is 13.9. The topological polar surface area (TPSA) is 85.5 Å². The molecule has 9 rings (SSSR count). The van der Waals surface area contributed by atoms with Crippen LogP contribution in [-0.4, -0.2) is 62.6 Å². The van der Waals surface area contributed by atoms with Gasteiger partial charge in [-0.1, -0.05) is 13.0 Å². The molecule has 2 unspecified atom stereocenters. The molecule has 3 aromatic heterocycles. The number of hydrogen-bond acceptors (Lipinski definition) is 5. The van der Waals surface area contributed by atoms with E-state index in [2.05, 4.69) is 51.3 Å². The van der Waals surface area contributed by atoms with Crippen LogP contribution in [0.2, 0.25) is 0 Å². The van der Waals surface area contributed by atoms with E-state index >= 15 is 0 Å². The highest BCUT2D eigenvalue weighted by Gasteiger charge is 2.46. The molecule has 0 N–H and O–H groups in total. The van der Waals surface area contributed by atoms with Gasteiger partial charge in [0.1, 0.15) is 16.9 Å². The molecule has 2 aromatic carbocycles. The predicted octanol–water partition coefficient (Wildman–Crippen LogP) is 6.07. The Morgan fingerprint density at radius 3 is 2.59 bits per heavy atom. The lowest BCUT2D eigenvalue weighted by Gasteiger charge is -2.27. The lowest BCUT2D eigenvalue weighted by molar-refractivity contribution is -0.117. The van der Waals surface area contributed by atoms with Crippen LogP contribution in [0.25, 0.3) is 44.8 Å². The second kappa shape index (κ2) is 9.92. The van der Waals surface area contributed by atoms with Crippen molar-refractivity contribution in [2.75, 3.05) is 25.6 Å². The first-order chi connectivity index (χ1) is 22.3. The lowest BCUT2D eigenvalue weighted by atomic mass is 10.0. The van der Waals surface area contributed by atoms with Crippen molar-refractivity contribution in [3.63, 3.8) is 0 Å². The maximum Gasteiger partial charge on any atom is 0.254 e. The number of likely N-dealkylation sites (tertiary alicyclic amines) is 1. The minimum Gasteiger partial charge on any atom is -0.494 e. The van der Waals surface area contributed by atoms with Crippen LogP contribution in [0.1, 0.15) is 48.5 Å². The molecule has 0 spiro atoms. The number of likely N-dealkylation sites (N-methyl/N-ethyl adjacent to an activating group) is 1. The number of aromatic nitrogens is 4. The third kappa shape index (κ3) is 4.06. The molecule has 2 aliphatic carbocycles. The van der Waals surface area contributed by atoms with Crippen LogP contribution < -0.4 is 9.64 Å². The maximum absolute atomic E-state index is 13.8. The van der Waals surface area contributed by atoms with Crippen molar-refractivity contribution in [3.05, 3.63) is 59.7 Å². The van der Waals surface area contributed by atoms with Crippen molar-refractivity contribution in [2.45, 2.75) is 51.6 Å². The fraction of sp³-hybridized carbons (Fsp3) is 0.405. The Balaban J connectivity index is 1.14. The highest BCUT2D eigenvalue weighted by atomic mass is 16.5. The van der Waals surface area contributed by atoms with Crippen molar-refractivity contribution >= 4 is 39.6 Å². The second-order valence-corrected chi connectivity index (χ2v) is 13.9. The minimum absolute atomic E-state index is 0.0774. The molecule has 2 bridgehead atoms. The van der Waals surface area contributed by atoms with Crippen LogP contribution in [0.15, 0.2) is 48.5 Å². The molecule has 9 heteroatoms. The van der Waals surface area contributed by atoms with Gasteiger partial charge >= 0.3 is 0 Å². The van der Waals surface area contributed by atoms with E-state index in [0.717, 1.165) is 75.6 Å². The van der Waals surface area contributed by atoms with Crippen LogP contribution in [0.5, 0.6) is 5.75 Å². The van der Waals surface area contributed by atoms with Crippen LogP contribution >= 0.6 is 0 Å². The largest absolute Gasteiger partial charge is 0.494 e. The molecular weight excluding hydrogens is 576 g/mol. The third-order valence-corrected chi connectivity index (χ3v) is 11.2. The average Bonchev–Trinajstić information content (AvgIpc) is 3.26. The summed E-state index contributed by atoms with van der Waals surface area (Å²) in [5.74, 6) is 3.47. The van der Waals surface area contributed by atoms with E-state index in [1.165, 1.54) is 19.3 Å². The number of imidazole rings is 1. The summed E-state index contributed by atoms with van der Waals surface area (Å²) in [4.78, 5) is 40.3. The number of fused-ring (bicyclic) bond motifs is 5. The summed E-state index contributed by atoms with van der Waals surface area (Å²) in [5.41, 5.74) is 8.12. The lowest BCUT2D eigenvalue weighted by Crippen LogP contribution is -2.38. The van der Waals surface area contributed by atoms with Gasteiger partial charge in [-0.2, -0.15) is 0 Å². The number of amides is 2. The SMILES string of the molecule is COc1cc(C(=O)N2CC3CCC2[C@@H]3C)cc2nc(-c3cc4ccc(-c5ccc6c(c5)CC(=O)N6C)nc4n3CC3CC3)n(C)c12. The van der Waals surface area contributed by atoms with Crippen LogP contribution in [-0.2, 0) is 24.8 Å². The predicted molar refractivity (Wildman–Crippen MR) is 178 cm³/mol. The van der Waals surface area contributed by atoms with E-state index in [4.69, 9.17) is 14.7 Å². The van der Waals surface area contributed by atoms with E-state index in [9.17, 15) is 9.59 Å². The van der Waals surface area contributed by atoms with Gasteiger partial charge in [-0.25, -0.2) is 9.97 Å². The average molecular weight is 615 g/mol. The quantitative estimate of drug-likeness (QED) is 0.232. The summed E-state index contributed by atoms with van der Waals surface area (Å²) < 4.78 is 10.3. The molecule has 3 atom stereocenters. The molecule has 9 nitrogen and oxygen atoms in total. The molecule has 5 heterocycles. The van der Waals surface area contributed by atoms with E-state index in [0.29, 0.717) is 41.5 Å². The number of carbonyl (C=O) groups excluding carboxylic acids is 2. The molecule has 4 aliphatic rings. The van der Waals surface area contributed by atoms with Gasteiger partial charge in [0.2, 0.25) is 5.91 Å². The summed E-state index contributed by atoms with van der Waals surface area (Å²) in [6, 6.07) is 16.7. The standard InChI is InChI=1S/C37H38N6O3/c1-20-24-9-11-29(20)43(19-24)37(45)26-14-28-34(32(16-26)46-4)41(3)36(39-28)31-15-23-7-10-27(38-35(23)42(31)18-21-5-6-21)22-8-12-30-25(13-22)17-33(44)40(30)2/h7-8,10,12-16,20-21,24,29H,5-6,9,11,17-19H2,1-4H3/t20-,24?,29?/m1/s1. The number of hydrogen-bond donors (Lipinski definition) is 0. The normalized spacial score (nSPS) is 22.1. The zero-order valence-electron chi connectivity index (χ0n) is 26.8. The number of aryl methyl sites for hydroxylation is 1. The van der Waals surface area contributed by atoms with Crippen molar-refractivity contribution in [2.24, 2.45) is 24.8 Å². The van der Waals surface area contributed by atoms with Gasteiger partial charge < -0.3 is 23.7 Å². The highest BCUT2D eigenvalue weighted by molar-refractivity contribution is 6.02. The molecular formula is C37H38N6O3. The summed E-state index contributed by atoms with van der Waals surface area (Å²) in [6.07, 6.45) is 5.16. The van der Waals surface area contributed by atoms with E-state index < -0.39 is 0 Å². The smallest absolute Gasteiger partial charge is 0.254 e. The van der Waals surface area contributed by atoms with Gasteiger partial charge in [-0.15, -0.1) is 0 Å². The van der Waals surface area contributed by atoms with Gasteiger partial charge in [0.05, 0.1) is 30.4 Å². The zero-order valence-corrected chi connectivity index (χ0v) is 26.8. The Morgan fingerprint density at radius 2 is 1.85 bits per heavy atom. The third-order valence-electron chi connectivity index (χ3n) is 11.2. The summed E-state index contributed by atoms with van der Waals surface area (Å²) in [7, 11) is 5.52. The Labute approximate surface area is 267 Å². The monoisotopic (exact) mass is 614 g/mol. The number of ether oxygens (including phenoxy) is 1. The number of piperidine rings is 1. The molecule has 234 valence electrons. The van der Waals surface area contributed by atoms with Crippen molar-refractivity contribution in [1.29, 1.82) is 0 Å². The molecule has 0 radical (unpaired) electrons. The Bertz CT molecular complexity index is 2110. The molecule has 2 aliphatic heterocycles. The zero-order chi connectivity index (χ0) is 31.4. The Morgan fingerprint density at radius 1 is 1.00 bits per heavy atom. The van der Waals surface area contributed by atoms with E-state index in [1.54, 1.807) is 12.0 Å². The van der Waals surface area contributed by atoms with Gasteiger partial charge in [-0.05, 0) is 91.5 Å². The number of methoxy groups -OCH3 is 1. The first kappa shape index (κ1) is 27.6. The van der Waals surface area contributed by atoms with Crippen molar-refractivity contribution in [3.8, 4) is 28.5 Å². The Kier molecular flexibility index (Phi) is 5.96. The highest BCUT2D eigenvalue weighted by Crippen LogP contribution is 2.44. The fourth-order valence-corrected chi connectivity index (χ4v) is 8.37. The van der Waals surface area contributed by atoms with Gasteiger partial charge in [0.25, 0.3) is 5.91 Å². The molecule has 2 saturated carbocycles. The number of rotatable bonds is 6. The van der Waals surface area contributed by atoms with Crippen LogP contribution in [0.3, 0.4) is 0 Å². The minimum atomic E-state index is 0.0774. The summed E-state index contributed by atoms with van der Waals surface area (Å²) >= 11 is 0. The Hall–Kier alpha value is -4.66. The van der Waals surface area contributed by atoms with E-state index in [-0.39, 0.29) is 11.8 Å². The number of benzene rings is 2. The number of anilines is 1. The van der Waals surface area contributed by atoms with Gasteiger partial charge in [0.15, 0.2) is 5.82 Å². The van der Waals surface area contributed by atoms with E-state index in [1.807, 2.05) is 32.3 Å². The molecule has 5 aromatic rings. The van der Waals surface area contributed by atoms with Gasteiger partial charge in [0, 0.05) is 55.4 Å². The summed E-state index contributed by atoms with van der Waals surface area (Å²) in [6.45, 7) is 4.00. The van der Waals surface area contributed by atoms with Gasteiger partial charge in [-0.3, -0.25) is 9.59 Å². The van der Waals surface area contributed by atoms with Crippen LogP contribution in [0, 0.1) is 17.8 Å². The molecule has 3 fully saturated rings. The summed E-state index contributed by atoms with van der Waals surface area (Å²) in [5, 5.41) is 1.06. The first-order valence-electron chi connectivity index (χ1n) is 16.5. The molecule has 2 amide bonds. The number of nitrogens with zero attached hydrogens (tertiary/aromatic N) is 6. The van der Waals surface area contributed by atoms with Crippen molar-refractivity contribution in [1.82, 2.24) is 24.0 Å². The molecule has 1 saturated heterocycles. The van der Waals surface area contributed by atoms with Crippen molar-refractivity contribution < 1.29 is 14.3 Å².